The Kier molecular flexibility index (Phi) is 3.65. The summed E-state index contributed by atoms with van der Waals surface area (Å²) >= 11 is 6.00. The number of nitrogens with two attached hydrogens (primary N) is 1. The van der Waals surface area contributed by atoms with Gasteiger partial charge in [-0.05, 0) is 29.0 Å². The third kappa shape index (κ3) is 2.59. The molecule has 0 saturated heterocycles. The molecule has 0 spiro atoms. The molecule has 4 heteroatoms. The SMILES string of the molecule is NC(=O)c1ccc(C(=O)c2ccc3ccccc3c2)cc1Cl. The highest BCUT2D eigenvalue weighted by molar-refractivity contribution is 6.34. The summed E-state index contributed by atoms with van der Waals surface area (Å²) in [5.41, 5.74) is 6.40. The van der Waals surface area contributed by atoms with Gasteiger partial charge in [0, 0.05) is 11.1 Å². The number of rotatable bonds is 3. The number of ketones is 1. The first-order chi connectivity index (χ1) is 10.6. The first-order valence-corrected chi connectivity index (χ1v) is 7.07. The van der Waals surface area contributed by atoms with E-state index in [1.54, 1.807) is 12.1 Å². The lowest BCUT2D eigenvalue weighted by Gasteiger charge is -2.06. The number of carbonyl (C=O) groups is 2. The summed E-state index contributed by atoms with van der Waals surface area (Å²) in [5.74, 6) is -0.765. The lowest BCUT2D eigenvalue weighted by Crippen LogP contribution is -2.12. The minimum absolute atomic E-state index is 0.149. The average molecular weight is 310 g/mol. The van der Waals surface area contributed by atoms with E-state index in [1.807, 2.05) is 36.4 Å². The second kappa shape index (κ2) is 5.62. The molecule has 22 heavy (non-hydrogen) atoms. The fourth-order valence-electron chi connectivity index (χ4n) is 2.35. The highest BCUT2D eigenvalue weighted by Crippen LogP contribution is 2.22. The van der Waals surface area contributed by atoms with Crippen molar-refractivity contribution in [2.75, 3.05) is 0 Å². The monoisotopic (exact) mass is 309 g/mol. The Morgan fingerprint density at radius 1 is 0.818 bits per heavy atom. The molecule has 3 aromatic rings. The zero-order chi connectivity index (χ0) is 15.7. The third-order valence-electron chi connectivity index (χ3n) is 3.51. The van der Waals surface area contributed by atoms with E-state index < -0.39 is 5.91 Å². The molecule has 1 amide bonds. The maximum atomic E-state index is 12.5. The van der Waals surface area contributed by atoms with Gasteiger partial charge in [0.15, 0.2) is 5.78 Å². The van der Waals surface area contributed by atoms with Gasteiger partial charge >= 0.3 is 0 Å². The second-order valence-corrected chi connectivity index (χ2v) is 5.36. The molecular formula is C18H12ClNO2. The predicted molar refractivity (Wildman–Crippen MR) is 87.4 cm³/mol. The summed E-state index contributed by atoms with van der Waals surface area (Å²) in [6, 6.07) is 17.8. The topological polar surface area (TPSA) is 60.2 Å². The molecule has 0 radical (unpaired) electrons. The van der Waals surface area contributed by atoms with Crippen LogP contribution in [0.25, 0.3) is 10.8 Å². The summed E-state index contributed by atoms with van der Waals surface area (Å²) in [6.07, 6.45) is 0. The molecule has 108 valence electrons. The summed E-state index contributed by atoms with van der Waals surface area (Å²) in [4.78, 5) is 23.7. The normalized spacial score (nSPS) is 10.6. The minimum atomic E-state index is -0.616. The summed E-state index contributed by atoms with van der Waals surface area (Å²) in [6.45, 7) is 0. The van der Waals surface area contributed by atoms with Crippen molar-refractivity contribution in [1.82, 2.24) is 0 Å². The van der Waals surface area contributed by atoms with E-state index in [1.165, 1.54) is 12.1 Å². The van der Waals surface area contributed by atoms with Crippen LogP contribution in [-0.2, 0) is 0 Å². The van der Waals surface area contributed by atoms with E-state index in [0.717, 1.165) is 10.8 Å². The molecule has 0 atom stereocenters. The van der Waals surface area contributed by atoms with E-state index in [4.69, 9.17) is 17.3 Å². The van der Waals surface area contributed by atoms with Crippen LogP contribution in [0.2, 0.25) is 5.02 Å². The lowest BCUT2D eigenvalue weighted by molar-refractivity contribution is 0.0997. The molecule has 0 aliphatic heterocycles. The molecule has 0 saturated carbocycles. The summed E-state index contributed by atoms with van der Waals surface area (Å²) in [5, 5.41) is 2.24. The molecule has 0 heterocycles. The van der Waals surface area contributed by atoms with E-state index in [0.29, 0.717) is 11.1 Å². The first kappa shape index (κ1) is 14.3. The fraction of sp³-hybridized carbons (Fsp3) is 0. The highest BCUT2D eigenvalue weighted by Gasteiger charge is 2.13. The molecule has 0 aliphatic carbocycles. The standard InChI is InChI=1S/C18H12ClNO2/c19-16-10-14(7-8-15(16)18(20)22)17(21)13-6-5-11-3-1-2-4-12(11)9-13/h1-10H,(H2,20,22). The maximum absolute atomic E-state index is 12.5. The van der Waals surface area contributed by atoms with Crippen LogP contribution in [0.1, 0.15) is 26.3 Å². The quantitative estimate of drug-likeness (QED) is 0.748. The number of fused-ring (bicyclic) bond motifs is 1. The van der Waals surface area contributed by atoms with E-state index in [9.17, 15) is 9.59 Å². The Hall–Kier alpha value is -2.65. The van der Waals surface area contributed by atoms with Crippen LogP contribution >= 0.6 is 11.6 Å². The average Bonchev–Trinajstić information content (AvgIpc) is 2.53. The second-order valence-electron chi connectivity index (χ2n) is 4.95. The van der Waals surface area contributed by atoms with Gasteiger partial charge in [-0.25, -0.2) is 0 Å². The Bertz CT molecular complexity index is 902. The smallest absolute Gasteiger partial charge is 0.250 e. The van der Waals surface area contributed by atoms with Gasteiger partial charge in [-0.3, -0.25) is 9.59 Å². The van der Waals surface area contributed by atoms with Crippen molar-refractivity contribution < 1.29 is 9.59 Å². The number of halogens is 1. The highest BCUT2D eigenvalue weighted by atomic mass is 35.5. The zero-order valence-electron chi connectivity index (χ0n) is 11.5. The van der Waals surface area contributed by atoms with Gasteiger partial charge in [0.05, 0.1) is 10.6 Å². The van der Waals surface area contributed by atoms with E-state index in [2.05, 4.69) is 0 Å². The van der Waals surface area contributed by atoms with Crippen LogP contribution in [0.5, 0.6) is 0 Å². The third-order valence-corrected chi connectivity index (χ3v) is 3.82. The summed E-state index contributed by atoms with van der Waals surface area (Å²) < 4.78 is 0. The molecule has 0 aliphatic rings. The van der Waals surface area contributed by atoms with Crippen LogP contribution in [0.4, 0.5) is 0 Å². The molecule has 3 rings (SSSR count). The van der Waals surface area contributed by atoms with Crippen LogP contribution in [-0.4, -0.2) is 11.7 Å². The number of hydrogen-bond acceptors (Lipinski definition) is 2. The van der Waals surface area contributed by atoms with Crippen molar-refractivity contribution in [3.8, 4) is 0 Å². The fourth-order valence-corrected chi connectivity index (χ4v) is 2.63. The Balaban J connectivity index is 2.02. The molecule has 0 bridgehead atoms. The van der Waals surface area contributed by atoms with Gasteiger partial charge in [0.2, 0.25) is 5.91 Å². The lowest BCUT2D eigenvalue weighted by atomic mass is 9.99. The number of hydrogen-bond donors (Lipinski definition) is 1. The minimum Gasteiger partial charge on any atom is -0.366 e. The number of benzene rings is 3. The van der Waals surface area contributed by atoms with Gasteiger partial charge < -0.3 is 5.73 Å². The molecule has 3 aromatic carbocycles. The van der Waals surface area contributed by atoms with Crippen LogP contribution in [0.3, 0.4) is 0 Å². The van der Waals surface area contributed by atoms with E-state index >= 15 is 0 Å². The van der Waals surface area contributed by atoms with Crippen molar-refractivity contribution in [2.24, 2.45) is 5.73 Å². The maximum Gasteiger partial charge on any atom is 0.250 e. The van der Waals surface area contributed by atoms with E-state index in [-0.39, 0.29) is 16.4 Å². The van der Waals surface area contributed by atoms with Crippen molar-refractivity contribution in [1.29, 1.82) is 0 Å². The molecule has 0 fully saturated rings. The summed E-state index contributed by atoms with van der Waals surface area (Å²) in [7, 11) is 0. The Morgan fingerprint density at radius 3 is 2.14 bits per heavy atom. The van der Waals surface area contributed by atoms with Crippen molar-refractivity contribution >= 4 is 34.1 Å². The predicted octanol–water partition coefficient (Wildman–Crippen LogP) is 3.82. The van der Waals surface area contributed by atoms with Crippen molar-refractivity contribution in [3.63, 3.8) is 0 Å². The Morgan fingerprint density at radius 2 is 1.45 bits per heavy atom. The van der Waals surface area contributed by atoms with Gasteiger partial charge in [0.1, 0.15) is 0 Å². The van der Waals surface area contributed by atoms with Gasteiger partial charge in [0.25, 0.3) is 0 Å². The van der Waals surface area contributed by atoms with Crippen LogP contribution in [0.15, 0.2) is 60.7 Å². The Labute approximate surface area is 132 Å². The molecule has 0 aromatic heterocycles. The van der Waals surface area contributed by atoms with Crippen molar-refractivity contribution in [3.05, 3.63) is 82.4 Å². The largest absolute Gasteiger partial charge is 0.366 e. The van der Waals surface area contributed by atoms with Gasteiger partial charge in [-0.1, -0.05) is 54.1 Å². The zero-order valence-corrected chi connectivity index (χ0v) is 12.3. The van der Waals surface area contributed by atoms with Crippen LogP contribution in [0, 0.1) is 0 Å². The number of carbonyl (C=O) groups excluding carboxylic acids is 2. The number of amides is 1. The van der Waals surface area contributed by atoms with Crippen molar-refractivity contribution in [2.45, 2.75) is 0 Å². The molecular weight excluding hydrogens is 298 g/mol. The van der Waals surface area contributed by atoms with Crippen LogP contribution < -0.4 is 5.73 Å². The molecule has 3 nitrogen and oxygen atoms in total. The van der Waals surface area contributed by atoms with Gasteiger partial charge in [-0.15, -0.1) is 0 Å². The molecule has 0 unspecified atom stereocenters. The first-order valence-electron chi connectivity index (χ1n) is 6.69. The van der Waals surface area contributed by atoms with Gasteiger partial charge in [-0.2, -0.15) is 0 Å². The number of primary amides is 1. The molecule has 2 N–H and O–H groups in total.